The number of hydrogen-bond donors (Lipinski definition) is 0. The van der Waals surface area contributed by atoms with E-state index in [-0.39, 0.29) is 37.3 Å². The van der Waals surface area contributed by atoms with Crippen LogP contribution in [0.2, 0.25) is 20.1 Å². The monoisotopic (exact) mass is 338 g/mol. The molecule has 7 heteroatoms. The summed E-state index contributed by atoms with van der Waals surface area (Å²) < 4.78 is 24.2. The number of benzene rings is 2. The third-order valence-electron chi connectivity index (χ3n) is 2.51. The van der Waals surface area contributed by atoms with Gasteiger partial charge in [0.05, 0.1) is 10.0 Å². The van der Waals surface area contributed by atoms with Crippen molar-refractivity contribution in [1.29, 1.82) is 0 Å². The summed E-state index contributed by atoms with van der Waals surface area (Å²) in [5.74, 6) is 0.293. The molecule has 3 rings (SSSR count). The van der Waals surface area contributed by atoms with E-state index in [4.69, 9.17) is 55.9 Å². The van der Waals surface area contributed by atoms with Crippen molar-refractivity contribution < 1.29 is 13.9 Å². The molecule has 0 aromatic heterocycles. The minimum absolute atomic E-state index is 0.0514. The van der Waals surface area contributed by atoms with Crippen LogP contribution < -0.4 is 9.47 Å². The first-order valence-corrected chi connectivity index (χ1v) is 6.51. The SMILES string of the molecule is Fc1ccc2c(c1)Oc1c(Cl)c(Cl)c(Cl)c(Cl)c1O2. The quantitative estimate of drug-likeness (QED) is 0.351. The van der Waals surface area contributed by atoms with E-state index in [2.05, 4.69) is 0 Å². The lowest BCUT2D eigenvalue weighted by Crippen LogP contribution is -2.01. The summed E-state index contributed by atoms with van der Waals surface area (Å²) in [6, 6.07) is 3.82. The van der Waals surface area contributed by atoms with Gasteiger partial charge in [-0.2, -0.15) is 0 Å². The van der Waals surface area contributed by atoms with Gasteiger partial charge in [-0.1, -0.05) is 46.4 Å². The van der Waals surface area contributed by atoms with Crippen molar-refractivity contribution in [2.75, 3.05) is 0 Å². The molecule has 1 aliphatic heterocycles. The highest BCUT2D eigenvalue weighted by molar-refractivity contribution is 6.53. The molecule has 0 atom stereocenters. The highest BCUT2D eigenvalue weighted by Gasteiger charge is 2.29. The minimum Gasteiger partial charge on any atom is -0.448 e. The second kappa shape index (κ2) is 4.60. The summed E-state index contributed by atoms with van der Waals surface area (Å²) >= 11 is 23.9. The molecule has 0 radical (unpaired) electrons. The van der Waals surface area contributed by atoms with E-state index < -0.39 is 5.82 Å². The lowest BCUT2D eigenvalue weighted by Gasteiger charge is -2.23. The van der Waals surface area contributed by atoms with E-state index in [1.54, 1.807) is 0 Å². The molecule has 98 valence electrons. The van der Waals surface area contributed by atoms with Gasteiger partial charge in [-0.05, 0) is 12.1 Å². The van der Waals surface area contributed by atoms with Crippen molar-refractivity contribution in [3.05, 3.63) is 44.1 Å². The molecule has 0 fully saturated rings. The molecule has 0 N–H and O–H groups in total. The van der Waals surface area contributed by atoms with Crippen molar-refractivity contribution >= 4 is 46.4 Å². The Morgan fingerprint density at radius 3 is 1.84 bits per heavy atom. The predicted octanol–water partition coefficient (Wildman–Crippen LogP) is 6.34. The lowest BCUT2D eigenvalue weighted by atomic mass is 10.2. The standard InChI is InChI=1S/C12H3Cl4FO2/c13-7-8(14)10(16)12-11(9(7)15)18-5-2-1-4(17)3-6(5)19-12/h1-3H. The van der Waals surface area contributed by atoms with Gasteiger partial charge < -0.3 is 9.47 Å². The molecule has 0 amide bonds. The molecule has 0 bridgehead atoms. The first-order valence-electron chi connectivity index (χ1n) is 5.00. The Kier molecular flexibility index (Phi) is 3.18. The van der Waals surface area contributed by atoms with Crippen LogP contribution in [0.5, 0.6) is 23.0 Å². The van der Waals surface area contributed by atoms with Gasteiger partial charge >= 0.3 is 0 Å². The summed E-state index contributed by atoms with van der Waals surface area (Å²) in [7, 11) is 0. The summed E-state index contributed by atoms with van der Waals surface area (Å²) in [4.78, 5) is 0. The molecule has 0 unspecified atom stereocenters. The molecule has 0 aliphatic carbocycles. The Balaban J connectivity index is 2.23. The van der Waals surface area contributed by atoms with Crippen molar-refractivity contribution in [2.24, 2.45) is 0 Å². The van der Waals surface area contributed by atoms with Crippen molar-refractivity contribution in [2.45, 2.75) is 0 Å². The highest BCUT2D eigenvalue weighted by Crippen LogP contribution is 2.56. The van der Waals surface area contributed by atoms with Crippen LogP contribution in [0.3, 0.4) is 0 Å². The van der Waals surface area contributed by atoms with Gasteiger partial charge in [0.25, 0.3) is 0 Å². The summed E-state index contributed by atoms with van der Waals surface area (Å²) in [6.07, 6.45) is 0. The molecule has 0 saturated carbocycles. The molecule has 19 heavy (non-hydrogen) atoms. The fourth-order valence-corrected chi connectivity index (χ4v) is 2.53. The van der Waals surface area contributed by atoms with E-state index in [1.807, 2.05) is 0 Å². The van der Waals surface area contributed by atoms with Gasteiger partial charge in [-0.25, -0.2) is 4.39 Å². The smallest absolute Gasteiger partial charge is 0.191 e. The van der Waals surface area contributed by atoms with Crippen LogP contribution in [0, 0.1) is 5.82 Å². The number of hydrogen-bond acceptors (Lipinski definition) is 2. The van der Waals surface area contributed by atoms with E-state index >= 15 is 0 Å². The molecule has 0 spiro atoms. The Morgan fingerprint density at radius 1 is 0.737 bits per heavy atom. The number of halogens is 5. The molecule has 2 aromatic carbocycles. The molecule has 1 aliphatic rings. The van der Waals surface area contributed by atoms with Crippen LogP contribution in [0.25, 0.3) is 0 Å². The van der Waals surface area contributed by atoms with Crippen LogP contribution >= 0.6 is 46.4 Å². The Hall–Kier alpha value is -0.870. The van der Waals surface area contributed by atoms with Gasteiger partial charge in [0.15, 0.2) is 23.0 Å². The topological polar surface area (TPSA) is 18.5 Å². The first-order chi connectivity index (χ1) is 8.99. The third kappa shape index (κ3) is 2.01. The molecule has 0 saturated heterocycles. The Morgan fingerprint density at radius 2 is 1.26 bits per heavy atom. The Bertz CT molecular complexity index is 703. The maximum atomic E-state index is 13.2. The fraction of sp³-hybridized carbons (Fsp3) is 0. The van der Waals surface area contributed by atoms with Crippen LogP contribution in [-0.4, -0.2) is 0 Å². The van der Waals surface area contributed by atoms with E-state index in [0.717, 1.165) is 0 Å². The second-order valence-corrected chi connectivity index (χ2v) is 5.22. The first kappa shape index (κ1) is 13.1. The zero-order valence-electron chi connectivity index (χ0n) is 8.94. The van der Waals surface area contributed by atoms with Crippen LogP contribution in [0.1, 0.15) is 0 Å². The van der Waals surface area contributed by atoms with Gasteiger partial charge in [-0.15, -0.1) is 0 Å². The Labute approximate surface area is 127 Å². The predicted molar refractivity (Wildman–Crippen MR) is 73.0 cm³/mol. The number of fused-ring (bicyclic) bond motifs is 2. The van der Waals surface area contributed by atoms with Gasteiger partial charge in [0.2, 0.25) is 0 Å². The zero-order valence-corrected chi connectivity index (χ0v) is 12.0. The molecular weight excluding hydrogens is 337 g/mol. The maximum Gasteiger partial charge on any atom is 0.191 e. The largest absolute Gasteiger partial charge is 0.448 e. The highest BCUT2D eigenvalue weighted by atomic mass is 35.5. The summed E-state index contributed by atoms with van der Waals surface area (Å²) in [5.41, 5.74) is 0. The third-order valence-corrected chi connectivity index (χ3v) is 4.28. The van der Waals surface area contributed by atoms with Crippen LogP contribution in [-0.2, 0) is 0 Å². The number of rotatable bonds is 0. The average molecular weight is 340 g/mol. The second-order valence-electron chi connectivity index (χ2n) is 3.71. The molecular formula is C12H3Cl4FO2. The van der Waals surface area contributed by atoms with Crippen molar-refractivity contribution in [3.8, 4) is 23.0 Å². The van der Waals surface area contributed by atoms with Crippen molar-refractivity contribution in [1.82, 2.24) is 0 Å². The zero-order chi connectivity index (χ0) is 13.7. The van der Waals surface area contributed by atoms with Crippen LogP contribution in [0.4, 0.5) is 4.39 Å². The average Bonchev–Trinajstić information content (AvgIpc) is 2.41. The molecule has 2 aromatic rings. The van der Waals surface area contributed by atoms with E-state index in [0.29, 0.717) is 5.75 Å². The lowest BCUT2D eigenvalue weighted by molar-refractivity contribution is 0.357. The summed E-state index contributed by atoms with van der Waals surface area (Å²) in [6.45, 7) is 0. The maximum absolute atomic E-state index is 13.2. The molecule has 2 nitrogen and oxygen atoms in total. The minimum atomic E-state index is -0.465. The normalized spacial score (nSPS) is 12.3. The fourth-order valence-electron chi connectivity index (χ4n) is 1.64. The van der Waals surface area contributed by atoms with Crippen LogP contribution in [0.15, 0.2) is 18.2 Å². The van der Waals surface area contributed by atoms with Gasteiger partial charge in [0, 0.05) is 6.07 Å². The molecule has 1 heterocycles. The van der Waals surface area contributed by atoms with Crippen molar-refractivity contribution in [3.63, 3.8) is 0 Å². The van der Waals surface area contributed by atoms with Gasteiger partial charge in [-0.3, -0.25) is 0 Å². The summed E-state index contributed by atoms with van der Waals surface area (Å²) in [5, 5.41) is 0.263. The van der Waals surface area contributed by atoms with E-state index in [1.165, 1.54) is 18.2 Å². The number of ether oxygens (including phenoxy) is 2. The van der Waals surface area contributed by atoms with E-state index in [9.17, 15) is 4.39 Å². The van der Waals surface area contributed by atoms with Gasteiger partial charge in [0.1, 0.15) is 15.9 Å².